The number of rotatable bonds is 9. The van der Waals surface area contributed by atoms with Crippen LogP contribution in [-0.4, -0.2) is 37.4 Å². The van der Waals surface area contributed by atoms with Gasteiger partial charge in [-0.25, -0.2) is 0 Å². The minimum atomic E-state index is -0.601. The predicted octanol–water partition coefficient (Wildman–Crippen LogP) is 4.30. The van der Waals surface area contributed by atoms with Crippen molar-refractivity contribution in [2.75, 3.05) is 24.7 Å². The Morgan fingerprint density at radius 2 is 1.80 bits per heavy atom. The first-order valence-corrected chi connectivity index (χ1v) is 10.3. The third-order valence-electron chi connectivity index (χ3n) is 4.89. The Hall–Kier alpha value is -2.86. The van der Waals surface area contributed by atoms with Gasteiger partial charge in [-0.1, -0.05) is 24.9 Å². The first-order valence-electron chi connectivity index (χ1n) is 9.96. The molecule has 1 unspecified atom stereocenters. The Morgan fingerprint density at radius 3 is 2.47 bits per heavy atom. The molecular formula is C23H24ClNO5. The molecule has 0 radical (unpaired) electrons. The Morgan fingerprint density at radius 1 is 1.10 bits per heavy atom. The van der Waals surface area contributed by atoms with Crippen molar-refractivity contribution in [3.63, 3.8) is 0 Å². The van der Waals surface area contributed by atoms with Gasteiger partial charge < -0.3 is 14.4 Å². The van der Waals surface area contributed by atoms with Crippen LogP contribution in [0.1, 0.15) is 36.5 Å². The zero-order valence-corrected chi connectivity index (χ0v) is 17.6. The van der Waals surface area contributed by atoms with Crippen molar-refractivity contribution in [2.45, 2.75) is 26.2 Å². The van der Waals surface area contributed by atoms with E-state index in [0.29, 0.717) is 22.9 Å². The van der Waals surface area contributed by atoms with E-state index in [9.17, 15) is 14.4 Å². The van der Waals surface area contributed by atoms with Gasteiger partial charge in [-0.05, 0) is 55.0 Å². The summed E-state index contributed by atoms with van der Waals surface area (Å²) in [5, 5.41) is 0.522. The van der Waals surface area contributed by atoms with E-state index in [0.717, 1.165) is 18.6 Å². The van der Waals surface area contributed by atoms with E-state index >= 15 is 0 Å². The summed E-state index contributed by atoms with van der Waals surface area (Å²) >= 11 is 5.80. The number of carbonyl (C=O) groups is 3. The Bertz CT molecular complexity index is 895. The highest BCUT2D eigenvalue weighted by molar-refractivity contribution is 6.30. The molecule has 1 aliphatic heterocycles. The number of esters is 1. The number of amides is 1. The summed E-state index contributed by atoms with van der Waals surface area (Å²) in [5.41, 5.74) is 1.12. The minimum absolute atomic E-state index is 0.0583. The van der Waals surface area contributed by atoms with E-state index in [1.807, 2.05) is 12.1 Å². The van der Waals surface area contributed by atoms with Gasteiger partial charge in [0.2, 0.25) is 5.91 Å². The summed E-state index contributed by atoms with van der Waals surface area (Å²) in [7, 11) is 0. The number of ether oxygens (including phenoxy) is 2. The summed E-state index contributed by atoms with van der Waals surface area (Å²) in [5.74, 6) is -0.875. The van der Waals surface area contributed by atoms with Crippen molar-refractivity contribution in [2.24, 2.45) is 5.92 Å². The van der Waals surface area contributed by atoms with Crippen LogP contribution in [0.15, 0.2) is 48.5 Å². The summed E-state index contributed by atoms with van der Waals surface area (Å²) in [6.45, 7) is 2.61. The van der Waals surface area contributed by atoms with Crippen LogP contribution in [0.25, 0.3) is 0 Å². The van der Waals surface area contributed by atoms with Crippen molar-refractivity contribution in [1.82, 2.24) is 0 Å². The lowest BCUT2D eigenvalue weighted by Gasteiger charge is -2.17. The zero-order chi connectivity index (χ0) is 21.5. The lowest BCUT2D eigenvalue weighted by molar-refractivity contribution is -0.147. The van der Waals surface area contributed by atoms with Gasteiger partial charge >= 0.3 is 5.97 Å². The molecule has 1 amide bonds. The van der Waals surface area contributed by atoms with Crippen LogP contribution in [0.3, 0.4) is 0 Å². The monoisotopic (exact) mass is 429 g/mol. The highest BCUT2D eigenvalue weighted by atomic mass is 35.5. The van der Waals surface area contributed by atoms with Crippen LogP contribution in [0.2, 0.25) is 5.02 Å². The maximum absolute atomic E-state index is 12.4. The quantitative estimate of drug-likeness (QED) is 0.337. The topological polar surface area (TPSA) is 72.9 Å². The number of hydrogen-bond donors (Lipinski definition) is 0. The highest BCUT2D eigenvalue weighted by Crippen LogP contribution is 2.27. The van der Waals surface area contributed by atoms with Crippen molar-refractivity contribution >= 4 is 34.9 Å². The van der Waals surface area contributed by atoms with Gasteiger partial charge in [0.1, 0.15) is 5.75 Å². The fraction of sp³-hybridized carbons (Fsp3) is 0.348. The standard InChI is InChI=1S/C23H24ClNO5/c1-2-3-12-29-20-10-8-19(9-11-20)25-14-17(13-22(25)27)23(28)30-15-21(26)16-4-6-18(24)7-5-16/h4-11,17H,2-3,12-15H2,1H3. The fourth-order valence-electron chi connectivity index (χ4n) is 3.15. The molecule has 1 fully saturated rings. The molecule has 0 spiro atoms. The molecule has 7 heteroatoms. The molecule has 1 saturated heterocycles. The van der Waals surface area contributed by atoms with Crippen LogP contribution in [-0.2, 0) is 14.3 Å². The third kappa shape index (κ3) is 5.60. The van der Waals surface area contributed by atoms with Crippen LogP contribution in [0, 0.1) is 5.92 Å². The van der Waals surface area contributed by atoms with Crippen molar-refractivity contribution < 1.29 is 23.9 Å². The second-order valence-electron chi connectivity index (χ2n) is 7.14. The molecule has 0 bridgehead atoms. The van der Waals surface area contributed by atoms with Gasteiger partial charge in [-0.3, -0.25) is 14.4 Å². The molecular weight excluding hydrogens is 406 g/mol. The number of anilines is 1. The van der Waals surface area contributed by atoms with Crippen molar-refractivity contribution in [3.8, 4) is 5.75 Å². The molecule has 1 aliphatic rings. The number of benzene rings is 2. The number of ketones is 1. The molecule has 0 aromatic heterocycles. The minimum Gasteiger partial charge on any atom is -0.494 e. The number of Topliss-reactive ketones (excluding diaryl/α,β-unsaturated/α-hetero) is 1. The van der Waals surface area contributed by atoms with Crippen molar-refractivity contribution in [3.05, 3.63) is 59.1 Å². The largest absolute Gasteiger partial charge is 0.494 e. The molecule has 1 atom stereocenters. The number of hydrogen-bond acceptors (Lipinski definition) is 5. The molecule has 2 aromatic rings. The molecule has 0 saturated carbocycles. The first kappa shape index (κ1) is 21.8. The van der Waals surface area contributed by atoms with Crippen LogP contribution < -0.4 is 9.64 Å². The highest BCUT2D eigenvalue weighted by Gasteiger charge is 2.36. The molecule has 158 valence electrons. The summed E-state index contributed by atoms with van der Waals surface area (Å²) in [4.78, 5) is 38.4. The van der Waals surface area contributed by atoms with E-state index in [-0.39, 0.29) is 31.3 Å². The predicted molar refractivity (Wildman–Crippen MR) is 114 cm³/mol. The average Bonchev–Trinajstić information content (AvgIpc) is 3.14. The average molecular weight is 430 g/mol. The van der Waals surface area contributed by atoms with Gasteiger partial charge in [0.05, 0.1) is 12.5 Å². The molecule has 0 N–H and O–H groups in total. The molecule has 2 aromatic carbocycles. The maximum Gasteiger partial charge on any atom is 0.311 e. The van der Waals surface area contributed by atoms with E-state index in [1.165, 1.54) is 0 Å². The van der Waals surface area contributed by atoms with Crippen LogP contribution >= 0.6 is 11.6 Å². The second-order valence-corrected chi connectivity index (χ2v) is 7.58. The Balaban J connectivity index is 1.52. The van der Waals surface area contributed by atoms with E-state index in [4.69, 9.17) is 21.1 Å². The van der Waals surface area contributed by atoms with Gasteiger partial charge in [-0.2, -0.15) is 0 Å². The SMILES string of the molecule is CCCCOc1ccc(N2CC(C(=O)OCC(=O)c3ccc(Cl)cc3)CC2=O)cc1. The fourth-order valence-corrected chi connectivity index (χ4v) is 3.27. The van der Waals surface area contributed by atoms with Gasteiger partial charge in [0, 0.05) is 29.2 Å². The molecule has 3 rings (SSSR count). The van der Waals surface area contributed by atoms with Gasteiger partial charge in [-0.15, -0.1) is 0 Å². The Kier molecular flexibility index (Phi) is 7.46. The molecule has 6 nitrogen and oxygen atoms in total. The van der Waals surface area contributed by atoms with Crippen LogP contribution in [0.5, 0.6) is 5.75 Å². The smallest absolute Gasteiger partial charge is 0.311 e. The third-order valence-corrected chi connectivity index (χ3v) is 5.14. The first-order chi connectivity index (χ1) is 14.5. The summed E-state index contributed by atoms with van der Waals surface area (Å²) in [6, 6.07) is 13.6. The zero-order valence-electron chi connectivity index (χ0n) is 16.8. The Labute approximate surface area is 180 Å². The van der Waals surface area contributed by atoms with E-state index < -0.39 is 11.9 Å². The van der Waals surface area contributed by atoms with E-state index in [1.54, 1.807) is 41.3 Å². The number of halogens is 1. The lowest BCUT2D eigenvalue weighted by atomic mass is 10.1. The van der Waals surface area contributed by atoms with E-state index in [2.05, 4.69) is 6.92 Å². The summed E-state index contributed by atoms with van der Waals surface area (Å²) in [6.07, 6.45) is 2.10. The second kappa shape index (κ2) is 10.3. The number of unbranched alkanes of at least 4 members (excludes halogenated alkanes) is 1. The number of nitrogens with zero attached hydrogens (tertiary/aromatic N) is 1. The molecule has 1 heterocycles. The molecule has 0 aliphatic carbocycles. The maximum atomic E-state index is 12.4. The van der Waals surface area contributed by atoms with Gasteiger partial charge in [0.15, 0.2) is 12.4 Å². The summed E-state index contributed by atoms with van der Waals surface area (Å²) < 4.78 is 10.8. The van der Waals surface area contributed by atoms with Crippen molar-refractivity contribution in [1.29, 1.82) is 0 Å². The van der Waals surface area contributed by atoms with Crippen LogP contribution in [0.4, 0.5) is 5.69 Å². The normalized spacial score (nSPS) is 15.9. The number of carbonyl (C=O) groups excluding carboxylic acids is 3. The van der Waals surface area contributed by atoms with Gasteiger partial charge in [0.25, 0.3) is 0 Å². The molecule has 30 heavy (non-hydrogen) atoms. The lowest BCUT2D eigenvalue weighted by Crippen LogP contribution is -2.27.